The zero-order chi connectivity index (χ0) is 29.1. The molecule has 0 radical (unpaired) electrons. The van der Waals surface area contributed by atoms with Gasteiger partial charge in [0, 0.05) is 50.5 Å². The van der Waals surface area contributed by atoms with Crippen LogP contribution in [0.25, 0.3) is 0 Å². The number of rotatable bonds is 7. The maximum Gasteiger partial charge on any atom is 0.241 e. The fourth-order valence-electron chi connectivity index (χ4n) is 7.26. The normalized spacial score (nSPS) is 27.8. The van der Waals surface area contributed by atoms with Gasteiger partial charge in [-0.25, -0.2) is 9.37 Å². The Kier molecular flexibility index (Phi) is 9.38. The first kappa shape index (κ1) is 29.5. The zero-order valence-corrected chi connectivity index (χ0v) is 25.1. The number of carbonyl (C=O) groups excluding carboxylic acids is 1. The second-order valence-corrected chi connectivity index (χ2v) is 12.8. The average molecular weight is 580 g/mol. The minimum absolute atomic E-state index is 0.00576. The van der Waals surface area contributed by atoms with E-state index < -0.39 is 0 Å². The highest BCUT2D eigenvalue weighted by Gasteiger charge is 2.40. The SMILES string of the molecule is C[C@@H]1CN(CC(=O)N2c3cc(Cc4ccc(F)cc4)cnc3OCC2C2CCCCC2)[C@@H](CN2CCOC[C@H]2C)CN1. The van der Waals surface area contributed by atoms with Crippen molar-refractivity contribution in [2.24, 2.45) is 5.92 Å². The lowest BCUT2D eigenvalue weighted by Gasteiger charge is -2.45. The molecule has 42 heavy (non-hydrogen) atoms. The smallest absolute Gasteiger partial charge is 0.241 e. The van der Waals surface area contributed by atoms with E-state index in [4.69, 9.17) is 9.47 Å². The number of aromatic nitrogens is 1. The molecule has 228 valence electrons. The van der Waals surface area contributed by atoms with Crippen LogP contribution in [-0.4, -0.2) is 97.4 Å². The van der Waals surface area contributed by atoms with Crippen molar-refractivity contribution in [2.45, 2.75) is 76.5 Å². The number of nitrogens with zero attached hydrogens (tertiary/aromatic N) is 4. The Morgan fingerprint density at radius 2 is 1.88 bits per heavy atom. The minimum Gasteiger partial charge on any atom is -0.474 e. The van der Waals surface area contributed by atoms with Crippen LogP contribution in [0.2, 0.25) is 0 Å². The molecule has 1 N–H and O–H groups in total. The van der Waals surface area contributed by atoms with E-state index in [1.165, 1.54) is 31.4 Å². The summed E-state index contributed by atoms with van der Waals surface area (Å²) in [6.07, 6.45) is 8.35. The predicted molar refractivity (Wildman–Crippen MR) is 161 cm³/mol. The van der Waals surface area contributed by atoms with Crippen LogP contribution < -0.4 is 15.0 Å². The van der Waals surface area contributed by atoms with E-state index in [-0.39, 0.29) is 23.8 Å². The molecule has 1 amide bonds. The van der Waals surface area contributed by atoms with Crippen LogP contribution >= 0.6 is 0 Å². The number of hydrogen-bond donors (Lipinski definition) is 1. The van der Waals surface area contributed by atoms with Crippen molar-refractivity contribution in [2.75, 3.05) is 57.4 Å². The van der Waals surface area contributed by atoms with Crippen molar-refractivity contribution >= 4 is 11.6 Å². The number of hydrogen-bond acceptors (Lipinski definition) is 7. The first-order valence-corrected chi connectivity index (χ1v) is 15.9. The van der Waals surface area contributed by atoms with Gasteiger partial charge in [-0.3, -0.25) is 19.5 Å². The largest absolute Gasteiger partial charge is 0.474 e. The van der Waals surface area contributed by atoms with Crippen LogP contribution in [0.15, 0.2) is 36.5 Å². The number of piperazine rings is 1. The van der Waals surface area contributed by atoms with Crippen LogP contribution in [0.1, 0.15) is 57.1 Å². The van der Waals surface area contributed by atoms with E-state index in [0.29, 0.717) is 43.5 Å². The summed E-state index contributed by atoms with van der Waals surface area (Å²) in [6, 6.07) is 9.62. The van der Waals surface area contributed by atoms with Gasteiger partial charge in [-0.2, -0.15) is 0 Å². The molecule has 6 rings (SSSR count). The molecule has 1 aliphatic carbocycles. The molecule has 1 unspecified atom stereocenters. The lowest BCUT2D eigenvalue weighted by Crippen LogP contribution is -2.63. The Morgan fingerprint density at radius 1 is 1.07 bits per heavy atom. The molecule has 8 nitrogen and oxygen atoms in total. The summed E-state index contributed by atoms with van der Waals surface area (Å²) >= 11 is 0. The number of halogens is 1. The van der Waals surface area contributed by atoms with Crippen LogP contribution in [0, 0.1) is 11.7 Å². The number of morpholine rings is 1. The molecule has 1 aromatic heterocycles. The molecule has 2 saturated heterocycles. The number of pyridine rings is 1. The maximum atomic E-state index is 14.5. The highest BCUT2D eigenvalue weighted by atomic mass is 19.1. The molecule has 0 bridgehead atoms. The lowest BCUT2D eigenvalue weighted by atomic mass is 9.83. The minimum atomic E-state index is -0.244. The molecular formula is C33H46FN5O3. The number of ether oxygens (including phenoxy) is 2. The van der Waals surface area contributed by atoms with Gasteiger partial charge in [-0.05, 0) is 68.4 Å². The fraction of sp³-hybridized carbons (Fsp3) is 0.636. The van der Waals surface area contributed by atoms with E-state index in [1.54, 1.807) is 12.1 Å². The monoisotopic (exact) mass is 579 g/mol. The van der Waals surface area contributed by atoms with Crippen LogP contribution in [0.5, 0.6) is 5.88 Å². The van der Waals surface area contributed by atoms with Gasteiger partial charge in [0.05, 0.1) is 25.8 Å². The van der Waals surface area contributed by atoms with Gasteiger partial charge in [0.2, 0.25) is 11.8 Å². The van der Waals surface area contributed by atoms with E-state index in [2.05, 4.69) is 44.9 Å². The summed E-state index contributed by atoms with van der Waals surface area (Å²) in [6.45, 7) is 10.4. The molecule has 4 aliphatic rings. The van der Waals surface area contributed by atoms with Crippen molar-refractivity contribution in [1.29, 1.82) is 0 Å². The summed E-state index contributed by atoms with van der Waals surface area (Å²) in [5, 5.41) is 3.65. The van der Waals surface area contributed by atoms with Crippen molar-refractivity contribution in [1.82, 2.24) is 20.1 Å². The Bertz CT molecular complexity index is 1210. The second-order valence-electron chi connectivity index (χ2n) is 12.8. The second kappa shape index (κ2) is 13.4. The Balaban J connectivity index is 1.26. The molecule has 0 spiro atoms. The quantitative estimate of drug-likeness (QED) is 0.534. The molecule has 2 aromatic rings. The van der Waals surface area contributed by atoms with E-state index in [0.717, 1.165) is 69.0 Å². The summed E-state index contributed by atoms with van der Waals surface area (Å²) < 4.78 is 25.4. The maximum absolute atomic E-state index is 14.5. The fourth-order valence-corrected chi connectivity index (χ4v) is 7.26. The topological polar surface area (TPSA) is 70.2 Å². The summed E-state index contributed by atoms with van der Waals surface area (Å²) in [7, 11) is 0. The third-order valence-corrected chi connectivity index (χ3v) is 9.67. The third-order valence-electron chi connectivity index (χ3n) is 9.67. The molecule has 9 heteroatoms. The van der Waals surface area contributed by atoms with Gasteiger partial charge in [0.15, 0.2) is 0 Å². The standard InChI is InChI=1S/C33H46FN5O3/c1-23-18-38(29(17-35-23)19-37-12-13-41-21-24(37)2)20-32(40)39-30-15-26(14-25-8-10-28(34)11-9-25)16-36-33(30)42-22-31(39)27-6-4-3-5-7-27/h8-11,15-16,23-24,27,29,31,35H,3-7,12-14,17-22H2,1-2H3/t23-,24-,29-,31?/m1/s1. The van der Waals surface area contributed by atoms with Gasteiger partial charge >= 0.3 is 0 Å². The average Bonchev–Trinajstić information content (AvgIpc) is 3.00. The van der Waals surface area contributed by atoms with Crippen LogP contribution in [-0.2, 0) is 16.0 Å². The van der Waals surface area contributed by atoms with Gasteiger partial charge in [0.1, 0.15) is 18.1 Å². The van der Waals surface area contributed by atoms with Crippen LogP contribution in [0.3, 0.4) is 0 Å². The molecule has 3 fully saturated rings. The van der Waals surface area contributed by atoms with Crippen molar-refractivity contribution in [3.63, 3.8) is 0 Å². The number of carbonyl (C=O) groups is 1. The number of benzene rings is 1. The number of anilines is 1. The predicted octanol–water partition coefficient (Wildman–Crippen LogP) is 3.87. The van der Waals surface area contributed by atoms with Gasteiger partial charge in [-0.1, -0.05) is 31.4 Å². The van der Waals surface area contributed by atoms with Gasteiger partial charge in [-0.15, -0.1) is 0 Å². The van der Waals surface area contributed by atoms with Crippen LogP contribution in [0.4, 0.5) is 10.1 Å². The highest BCUT2D eigenvalue weighted by Crippen LogP contribution is 2.39. The Hall–Kier alpha value is -2.59. The van der Waals surface area contributed by atoms with E-state index in [9.17, 15) is 9.18 Å². The number of fused-ring (bicyclic) bond motifs is 1. The van der Waals surface area contributed by atoms with E-state index >= 15 is 0 Å². The Morgan fingerprint density at radius 3 is 2.67 bits per heavy atom. The van der Waals surface area contributed by atoms with E-state index in [1.807, 2.05) is 6.20 Å². The van der Waals surface area contributed by atoms with Gasteiger partial charge < -0.3 is 14.8 Å². The summed E-state index contributed by atoms with van der Waals surface area (Å²) in [5.41, 5.74) is 2.77. The van der Waals surface area contributed by atoms with Crippen molar-refractivity contribution in [3.8, 4) is 5.88 Å². The summed E-state index contributed by atoms with van der Waals surface area (Å²) in [5.74, 6) is 0.839. The van der Waals surface area contributed by atoms with Gasteiger partial charge in [0.25, 0.3) is 0 Å². The highest BCUT2D eigenvalue weighted by molar-refractivity contribution is 5.97. The Labute approximate surface area is 249 Å². The van der Waals surface area contributed by atoms with Crippen molar-refractivity contribution in [3.05, 3.63) is 53.5 Å². The molecule has 4 heterocycles. The molecule has 4 atom stereocenters. The number of nitrogens with one attached hydrogen (secondary N) is 1. The molecular weight excluding hydrogens is 533 g/mol. The molecule has 3 aliphatic heterocycles. The summed E-state index contributed by atoms with van der Waals surface area (Å²) in [4.78, 5) is 26.1. The number of amides is 1. The van der Waals surface area contributed by atoms with Crippen molar-refractivity contribution < 1.29 is 18.7 Å². The molecule has 1 aromatic carbocycles. The molecule has 1 saturated carbocycles. The first-order chi connectivity index (χ1) is 20.4. The zero-order valence-electron chi connectivity index (χ0n) is 25.1. The third kappa shape index (κ3) is 6.80. The lowest BCUT2D eigenvalue weighted by molar-refractivity contribution is -0.122. The first-order valence-electron chi connectivity index (χ1n) is 15.9.